The van der Waals surface area contributed by atoms with Gasteiger partial charge in [-0.1, -0.05) is 42.0 Å². The van der Waals surface area contributed by atoms with Crippen molar-refractivity contribution in [1.82, 2.24) is 0 Å². The molecule has 2 aromatic rings. The van der Waals surface area contributed by atoms with Crippen LogP contribution in [0.5, 0.6) is 0 Å². The lowest BCUT2D eigenvalue weighted by atomic mass is 10.1. The van der Waals surface area contributed by atoms with E-state index in [0.29, 0.717) is 16.6 Å². The minimum absolute atomic E-state index is 0.336. The van der Waals surface area contributed by atoms with E-state index >= 15 is 0 Å². The second-order valence-corrected chi connectivity index (χ2v) is 5.35. The van der Waals surface area contributed by atoms with Crippen molar-refractivity contribution in [2.75, 3.05) is 11.9 Å². The van der Waals surface area contributed by atoms with Gasteiger partial charge < -0.3 is 10.6 Å². The summed E-state index contributed by atoms with van der Waals surface area (Å²) in [6.07, 6.45) is 0. The molecule has 0 fully saturated rings. The molecule has 2 aromatic carbocycles. The van der Waals surface area contributed by atoms with Crippen LogP contribution in [0.3, 0.4) is 0 Å². The molecule has 0 aromatic heterocycles. The highest BCUT2D eigenvalue weighted by atomic mass is 35.5. The lowest BCUT2D eigenvalue weighted by Crippen LogP contribution is -2.18. The fraction of sp³-hybridized carbons (Fsp3) is 0.133. The Labute approximate surface area is 128 Å². The molecule has 2 rings (SSSR count). The van der Waals surface area contributed by atoms with Gasteiger partial charge in [-0.05, 0) is 29.8 Å². The maximum atomic E-state index is 13.0. The Balaban J connectivity index is 2.21. The van der Waals surface area contributed by atoms with Crippen LogP contribution < -0.4 is 10.6 Å². The van der Waals surface area contributed by atoms with Crippen LogP contribution in [-0.2, 0) is 6.54 Å². The van der Waals surface area contributed by atoms with Crippen molar-refractivity contribution in [3.63, 3.8) is 0 Å². The van der Waals surface area contributed by atoms with Gasteiger partial charge in [0.15, 0.2) is 0 Å². The minimum atomic E-state index is -0.336. The Bertz CT molecular complexity index is 646. The van der Waals surface area contributed by atoms with E-state index < -0.39 is 0 Å². The van der Waals surface area contributed by atoms with E-state index in [9.17, 15) is 4.39 Å². The van der Waals surface area contributed by atoms with Crippen molar-refractivity contribution >= 4 is 34.5 Å². The predicted octanol–water partition coefficient (Wildman–Crippen LogP) is 3.75. The lowest BCUT2D eigenvalue weighted by Gasteiger charge is -2.20. The molecule has 0 aliphatic heterocycles. The van der Waals surface area contributed by atoms with Crippen LogP contribution in [0.2, 0.25) is 5.02 Å². The van der Waals surface area contributed by atoms with Crippen LogP contribution in [0.1, 0.15) is 11.1 Å². The second-order valence-electron chi connectivity index (χ2n) is 4.51. The Morgan fingerprint density at radius 1 is 1.30 bits per heavy atom. The van der Waals surface area contributed by atoms with E-state index in [1.165, 1.54) is 12.1 Å². The Morgan fingerprint density at radius 2 is 2.05 bits per heavy atom. The molecule has 2 nitrogen and oxygen atoms in total. The van der Waals surface area contributed by atoms with E-state index in [1.54, 1.807) is 6.07 Å². The van der Waals surface area contributed by atoms with Crippen LogP contribution in [0, 0.1) is 5.82 Å². The molecular weight excluding hydrogens is 295 g/mol. The third-order valence-corrected chi connectivity index (χ3v) is 3.58. The first-order chi connectivity index (χ1) is 9.47. The summed E-state index contributed by atoms with van der Waals surface area (Å²) in [4.78, 5) is 2.36. The number of rotatable bonds is 4. The maximum absolute atomic E-state index is 13.0. The molecule has 0 atom stereocenters. The molecular formula is C15H14ClFN2S. The third-order valence-electron chi connectivity index (χ3n) is 2.99. The van der Waals surface area contributed by atoms with Crippen LogP contribution in [0.4, 0.5) is 10.1 Å². The van der Waals surface area contributed by atoms with E-state index in [2.05, 4.69) is 0 Å². The van der Waals surface area contributed by atoms with Crippen molar-refractivity contribution in [3.05, 3.63) is 64.4 Å². The molecule has 0 heterocycles. The standard InChI is InChI=1S/C15H14ClFN2S/c1-19(9-11-5-6-12(17)8-14(11)16)13-4-2-3-10(7-13)15(18)20/h2-8H,9H2,1H3,(H2,18,20). The largest absolute Gasteiger partial charge is 0.389 e. The van der Waals surface area contributed by atoms with Gasteiger partial charge in [0.25, 0.3) is 0 Å². The number of hydrogen-bond donors (Lipinski definition) is 1. The number of benzene rings is 2. The Kier molecular flexibility index (Phi) is 4.57. The van der Waals surface area contributed by atoms with Crippen LogP contribution in [0.15, 0.2) is 42.5 Å². The van der Waals surface area contributed by atoms with Crippen LogP contribution in [0.25, 0.3) is 0 Å². The molecule has 20 heavy (non-hydrogen) atoms. The fourth-order valence-corrected chi connectivity index (χ4v) is 2.25. The summed E-state index contributed by atoms with van der Waals surface area (Å²) >= 11 is 11.0. The molecule has 104 valence electrons. The Morgan fingerprint density at radius 3 is 2.70 bits per heavy atom. The van der Waals surface area contributed by atoms with Gasteiger partial charge in [-0.15, -0.1) is 0 Å². The van der Waals surface area contributed by atoms with Crippen molar-refractivity contribution in [3.8, 4) is 0 Å². The van der Waals surface area contributed by atoms with Crippen molar-refractivity contribution in [1.29, 1.82) is 0 Å². The first-order valence-electron chi connectivity index (χ1n) is 6.02. The van der Waals surface area contributed by atoms with E-state index in [0.717, 1.165) is 16.8 Å². The lowest BCUT2D eigenvalue weighted by molar-refractivity contribution is 0.627. The zero-order chi connectivity index (χ0) is 14.7. The molecule has 0 unspecified atom stereocenters. The monoisotopic (exact) mass is 308 g/mol. The molecule has 0 saturated heterocycles. The van der Waals surface area contributed by atoms with Gasteiger partial charge in [0.2, 0.25) is 0 Å². The number of thiocarbonyl (C=S) groups is 1. The molecule has 0 spiro atoms. The molecule has 0 aliphatic carbocycles. The average Bonchev–Trinajstić information content (AvgIpc) is 2.42. The number of nitrogens with two attached hydrogens (primary N) is 1. The maximum Gasteiger partial charge on any atom is 0.124 e. The van der Waals surface area contributed by atoms with E-state index in [-0.39, 0.29) is 5.82 Å². The molecule has 0 aliphatic rings. The van der Waals surface area contributed by atoms with Crippen molar-refractivity contribution in [2.45, 2.75) is 6.54 Å². The predicted molar refractivity (Wildman–Crippen MR) is 85.8 cm³/mol. The number of hydrogen-bond acceptors (Lipinski definition) is 2. The minimum Gasteiger partial charge on any atom is -0.389 e. The van der Waals surface area contributed by atoms with Gasteiger partial charge >= 0.3 is 0 Å². The van der Waals surface area contributed by atoms with Gasteiger partial charge in [0.05, 0.1) is 0 Å². The topological polar surface area (TPSA) is 29.3 Å². The number of halogens is 2. The zero-order valence-corrected chi connectivity index (χ0v) is 12.5. The highest BCUT2D eigenvalue weighted by Crippen LogP contribution is 2.22. The van der Waals surface area contributed by atoms with Crippen LogP contribution in [-0.4, -0.2) is 12.0 Å². The van der Waals surface area contributed by atoms with Gasteiger partial charge in [0.1, 0.15) is 10.8 Å². The number of anilines is 1. The van der Waals surface area contributed by atoms with Crippen LogP contribution >= 0.6 is 23.8 Å². The smallest absolute Gasteiger partial charge is 0.124 e. The van der Waals surface area contributed by atoms with Crippen molar-refractivity contribution in [2.24, 2.45) is 5.73 Å². The highest BCUT2D eigenvalue weighted by molar-refractivity contribution is 7.80. The van der Waals surface area contributed by atoms with E-state index in [4.69, 9.17) is 29.6 Å². The molecule has 0 bridgehead atoms. The first-order valence-corrected chi connectivity index (χ1v) is 6.81. The quantitative estimate of drug-likeness (QED) is 0.872. The SMILES string of the molecule is CN(Cc1ccc(F)cc1Cl)c1cccc(C(N)=S)c1. The summed E-state index contributed by atoms with van der Waals surface area (Å²) in [5.41, 5.74) is 8.27. The normalized spacial score (nSPS) is 10.3. The summed E-state index contributed by atoms with van der Waals surface area (Å²) in [7, 11) is 1.93. The first kappa shape index (κ1) is 14.8. The highest BCUT2D eigenvalue weighted by Gasteiger charge is 2.07. The summed E-state index contributed by atoms with van der Waals surface area (Å²) in [6.45, 7) is 0.569. The molecule has 0 amide bonds. The molecule has 2 N–H and O–H groups in total. The fourth-order valence-electron chi connectivity index (χ4n) is 1.89. The summed E-state index contributed by atoms with van der Waals surface area (Å²) in [5.74, 6) is -0.336. The second kappa shape index (κ2) is 6.20. The summed E-state index contributed by atoms with van der Waals surface area (Å²) in [6, 6.07) is 12.0. The zero-order valence-electron chi connectivity index (χ0n) is 10.9. The van der Waals surface area contributed by atoms with Gasteiger partial charge in [-0.3, -0.25) is 0 Å². The Hall–Kier alpha value is -1.65. The summed E-state index contributed by atoms with van der Waals surface area (Å²) in [5, 5.41) is 0.419. The molecule has 0 radical (unpaired) electrons. The van der Waals surface area contributed by atoms with E-state index in [1.807, 2.05) is 36.2 Å². The molecule has 5 heteroatoms. The number of nitrogens with zero attached hydrogens (tertiary/aromatic N) is 1. The summed E-state index contributed by atoms with van der Waals surface area (Å²) < 4.78 is 13.0. The average molecular weight is 309 g/mol. The van der Waals surface area contributed by atoms with Gasteiger partial charge in [0, 0.05) is 29.9 Å². The third kappa shape index (κ3) is 3.46. The van der Waals surface area contributed by atoms with Gasteiger partial charge in [-0.2, -0.15) is 0 Å². The van der Waals surface area contributed by atoms with Crippen molar-refractivity contribution < 1.29 is 4.39 Å². The van der Waals surface area contributed by atoms with Gasteiger partial charge in [-0.25, -0.2) is 4.39 Å². The molecule has 0 saturated carbocycles.